The van der Waals surface area contributed by atoms with E-state index in [1.807, 2.05) is 6.92 Å². The van der Waals surface area contributed by atoms with Crippen LogP contribution in [0.25, 0.3) is 0 Å². The van der Waals surface area contributed by atoms with E-state index in [-0.39, 0.29) is 23.7 Å². The number of nitrogens with two attached hydrogens (primary N) is 1. The first-order valence-corrected chi connectivity index (χ1v) is 7.24. The molecule has 1 aliphatic rings. The van der Waals surface area contributed by atoms with Crippen molar-refractivity contribution in [2.45, 2.75) is 45.2 Å². The Hall–Kier alpha value is -1.95. The second-order valence-corrected chi connectivity index (χ2v) is 5.63. The summed E-state index contributed by atoms with van der Waals surface area (Å²) in [5.41, 5.74) is 6.79. The van der Waals surface area contributed by atoms with E-state index >= 15 is 0 Å². The Labute approximate surface area is 124 Å². The second-order valence-electron chi connectivity index (χ2n) is 5.63. The van der Waals surface area contributed by atoms with Crippen LogP contribution in [-0.2, 0) is 0 Å². The van der Waals surface area contributed by atoms with E-state index in [2.05, 4.69) is 0 Å². The van der Waals surface area contributed by atoms with Crippen LogP contribution >= 0.6 is 0 Å². The van der Waals surface area contributed by atoms with Gasteiger partial charge in [0.2, 0.25) is 0 Å². The van der Waals surface area contributed by atoms with E-state index in [1.54, 1.807) is 24.0 Å². The van der Waals surface area contributed by atoms with Crippen LogP contribution in [0.2, 0.25) is 0 Å². The molecule has 1 heterocycles. The average molecular weight is 291 g/mol. The monoisotopic (exact) mass is 291 g/mol. The molecule has 0 aromatic heterocycles. The summed E-state index contributed by atoms with van der Waals surface area (Å²) in [6.07, 6.45) is 2.89. The first-order chi connectivity index (χ1) is 9.93. The molecule has 0 aliphatic carbocycles. The van der Waals surface area contributed by atoms with E-state index in [1.165, 1.54) is 6.07 Å². The largest absolute Gasteiger partial charge is 0.334 e. The maximum atomic E-state index is 12.8. The van der Waals surface area contributed by atoms with Gasteiger partial charge in [0.15, 0.2) is 0 Å². The maximum Gasteiger partial charge on any atom is 0.273 e. The number of likely N-dealkylation sites (tertiary alicyclic amines) is 1. The van der Waals surface area contributed by atoms with E-state index in [4.69, 9.17) is 5.73 Å². The highest BCUT2D eigenvalue weighted by atomic mass is 16.6. The summed E-state index contributed by atoms with van der Waals surface area (Å²) in [4.78, 5) is 25.1. The summed E-state index contributed by atoms with van der Waals surface area (Å²) in [6.45, 7) is 4.18. The summed E-state index contributed by atoms with van der Waals surface area (Å²) >= 11 is 0. The quantitative estimate of drug-likeness (QED) is 0.683. The van der Waals surface area contributed by atoms with Gasteiger partial charge in [-0.05, 0) is 39.2 Å². The third-order valence-electron chi connectivity index (χ3n) is 4.15. The van der Waals surface area contributed by atoms with Gasteiger partial charge in [0.25, 0.3) is 11.6 Å². The van der Waals surface area contributed by atoms with E-state index in [0.717, 1.165) is 19.3 Å². The van der Waals surface area contributed by atoms with Crippen LogP contribution in [-0.4, -0.2) is 34.4 Å². The molecule has 6 heteroatoms. The van der Waals surface area contributed by atoms with E-state index in [0.29, 0.717) is 17.7 Å². The van der Waals surface area contributed by atoms with Gasteiger partial charge in [-0.3, -0.25) is 14.9 Å². The Morgan fingerprint density at radius 1 is 1.48 bits per heavy atom. The zero-order valence-electron chi connectivity index (χ0n) is 12.4. The maximum absolute atomic E-state index is 12.8. The molecule has 114 valence electrons. The Balaban J connectivity index is 2.35. The summed E-state index contributed by atoms with van der Waals surface area (Å²) < 4.78 is 0. The minimum atomic E-state index is -0.453. The Morgan fingerprint density at radius 2 is 2.19 bits per heavy atom. The number of hydrogen-bond acceptors (Lipinski definition) is 4. The summed E-state index contributed by atoms with van der Waals surface area (Å²) in [5, 5.41) is 11.0. The fourth-order valence-corrected chi connectivity index (χ4v) is 2.96. The van der Waals surface area contributed by atoms with Gasteiger partial charge >= 0.3 is 0 Å². The van der Waals surface area contributed by atoms with Gasteiger partial charge in [0.05, 0.1) is 4.92 Å². The number of nitro benzene ring substituents is 1. The van der Waals surface area contributed by atoms with Crippen molar-refractivity contribution in [2.75, 3.05) is 6.54 Å². The first-order valence-electron chi connectivity index (χ1n) is 7.24. The van der Waals surface area contributed by atoms with Gasteiger partial charge in [0, 0.05) is 35.8 Å². The second kappa shape index (κ2) is 6.22. The molecule has 21 heavy (non-hydrogen) atoms. The molecule has 0 saturated carbocycles. The van der Waals surface area contributed by atoms with Gasteiger partial charge in [-0.15, -0.1) is 0 Å². The third kappa shape index (κ3) is 3.05. The number of amides is 1. The van der Waals surface area contributed by atoms with Gasteiger partial charge in [-0.2, -0.15) is 0 Å². The van der Waals surface area contributed by atoms with Crippen LogP contribution in [0.5, 0.6) is 0 Å². The highest BCUT2D eigenvalue weighted by Crippen LogP contribution is 2.26. The van der Waals surface area contributed by atoms with Gasteiger partial charge in [-0.1, -0.05) is 6.07 Å². The molecule has 1 aromatic carbocycles. The van der Waals surface area contributed by atoms with E-state index < -0.39 is 4.92 Å². The smallest absolute Gasteiger partial charge is 0.273 e. The summed E-state index contributed by atoms with van der Waals surface area (Å²) in [5.74, 6) is -0.154. The number of carbonyl (C=O) groups is 1. The SMILES string of the molecule is Cc1c(C(=O)N2CCCCC2C(C)N)cccc1[N+](=O)[O-]. The van der Waals surface area contributed by atoms with Crippen LogP contribution in [0.15, 0.2) is 18.2 Å². The van der Waals surface area contributed by atoms with Crippen LogP contribution < -0.4 is 5.73 Å². The number of hydrogen-bond donors (Lipinski definition) is 1. The fraction of sp³-hybridized carbons (Fsp3) is 0.533. The van der Waals surface area contributed by atoms with Crippen molar-refractivity contribution < 1.29 is 9.72 Å². The number of rotatable bonds is 3. The number of carbonyl (C=O) groups excluding carboxylic acids is 1. The molecule has 2 unspecified atom stereocenters. The molecule has 2 rings (SSSR count). The molecule has 2 N–H and O–H groups in total. The Morgan fingerprint density at radius 3 is 2.81 bits per heavy atom. The minimum absolute atomic E-state index is 0.00455. The lowest BCUT2D eigenvalue weighted by Gasteiger charge is -2.38. The molecule has 0 radical (unpaired) electrons. The molecule has 1 amide bonds. The number of nitro groups is 1. The van der Waals surface area contributed by atoms with Crippen LogP contribution in [0.4, 0.5) is 5.69 Å². The van der Waals surface area contributed by atoms with Crippen molar-refractivity contribution in [3.8, 4) is 0 Å². The van der Waals surface area contributed by atoms with Gasteiger partial charge < -0.3 is 10.6 Å². The minimum Gasteiger partial charge on any atom is -0.334 e. The topological polar surface area (TPSA) is 89.5 Å². The number of nitrogens with zero attached hydrogens (tertiary/aromatic N) is 2. The predicted octanol–water partition coefficient (Wildman–Crippen LogP) is 2.25. The summed E-state index contributed by atoms with van der Waals surface area (Å²) in [6, 6.07) is 4.53. The lowest BCUT2D eigenvalue weighted by molar-refractivity contribution is -0.385. The van der Waals surface area contributed by atoms with E-state index in [9.17, 15) is 14.9 Å². The standard InChI is InChI=1S/C15H21N3O3/c1-10-12(6-5-8-13(10)18(20)21)15(19)17-9-4-3-7-14(17)11(2)16/h5-6,8,11,14H,3-4,7,9,16H2,1-2H3. The van der Waals surface area contributed by atoms with Gasteiger partial charge in [-0.25, -0.2) is 0 Å². The van der Waals surface area contributed by atoms with Crippen LogP contribution in [0, 0.1) is 17.0 Å². The van der Waals surface area contributed by atoms with Crippen molar-refractivity contribution in [1.82, 2.24) is 4.90 Å². The van der Waals surface area contributed by atoms with Crippen molar-refractivity contribution >= 4 is 11.6 Å². The van der Waals surface area contributed by atoms with Gasteiger partial charge in [0.1, 0.15) is 0 Å². The molecular formula is C15H21N3O3. The molecule has 6 nitrogen and oxygen atoms in total. The molecule has 1 aliphatic heterocycles. The molecule has 1 aromatic rings. The Kier molecular flexibility index (Phi) is 4.57. The number of piperidine rings is 1. The molecule has 1 fully saturated rings. The Bertz CT molecular complexity index is 557. The molecule has 2 atom stereocenters. The lowest BCUT2D eigenvalue weighted by atomic mass is 9.95. The fourth-order valence-electron chi connectivity index (χ4n) is 2.96. The van der Waals surface area contributed by atoms with Crippen molar-refractivity contribution in [1.29, 1.82) is 0 Å². The van der Waals surface area contributed by atoms with Crippen molar-refractivity contribution in [2.24, 2.45) is 5.73 Å². The van der Waals surface area contributed by atoms with Crippen LogP contribution in [0.1, 0.15) is 42.1 Å². The number of benzene rings is 1. The zero-order chi connectivity index (χ0) is 15.6. The predicted molar refractivity (Wildman–Crippen MR) is 80.2 cm³/mol. The third-order valence-corrected chi connectivity index (χ3v) is 4.15. The average Bonchev–Trinajstić information content (AvgIpc) is 2.46. The molecule has 1 saturated heterocycles. The highest BCUT2D eigenvalue weighted by molar-refractivity contribution is 5.96. The summed E-state index contributed by atoms with van der Waals surface area (Å²) in [7, 11) is 0. The van der Waals surface area contributed by atoms with Crippen molar-refractivity contribution in [3.05, 3.63) is 39.4 Å². The normalized spacial score (nSPS) is 20.1. The van der Waals surface area contributed by atoms with Crippen LogP contribution in [0.3, 0.4) is 0 Å². The first kappa shape index (κ1) is 15.4. The molecular weight excluding hydrogens is 270 g/mol. The van der Waals surface area contributed by atoms with Crippen molar-refractivity contribution in [3.63, 3.8) is 0 Å². The molecule has 0 bridgehead atoms. The highest BCUT2D eigenvalue weighted by Gasteiger charge is 2.31. The lowest BCUT2D eigenvalue weighted by Crippen LogP contribution is -2.51. The molecule has 0 spiro atoms. The zero-order valence-corrected chi connectivity index (χ0v) is 12.4.